The van der Waals surface area contributed by atoms with Crippen molar-refractivity contribution in [2.45, 2.75) is 6.92 Å². The Balaban J connectivity index is 2.22. The molecule has 0 bridgehead atoms. The van der Waals surface area contributed by atoms with Crippen molar-refractivity contribution in [3.63, 3.8) is 0 Å². The lowest BCUT2D eigenvalue weighted by Gasteiger charge is -2.15. The molecule has 27 heavy (non-hydrogen) atoms. The summed E-state index contributed by atoms with van der Waals surface area (Å²) in [6.07, 6.45) is 1.37. The molecular formula is C20H19N3O4. The van der Waals surface area contributed by atoms with Crippen LogP contribution in [0, 0.1) is 11.3 Å². The summed E-state index contributed by atoms with van der Waals surface area (Å²) in [5, 5.41) is 21.2. The van der Waals surface area contributed by atoms with Gasteiger partial charge < -0.3 is 20.1 Å². The number of anilines is 2. The van der Waals surface area contributed by atoms with E-state index in [9.17, 15) is 20.0 Å². The highest BCUT2D eigenvalue weighted by Gasteiger charge is 2.16. The molecule has 0 saturated carbocycles. The number of nitrogens with zero attached hydrogens (tertiary/aromatic N) is 2. The highest BCUT2D eigenvalue weighted by Crippen LogP contribution is 2.20. The molecule has 0 unspecified atom stereocenters. The summed E-state index contributed by atoms with van der Waals surface area (Å²) in [7, 11) is 1.67. The summed E-state index contributed by atoms with van der Waals surface area (Å²) in [4.78, 5) is 26.0. The summed E-state index contributed by atoms with van der Waals surface area (Å²) in [5.74, 6) is -1.10. The minimum Gasteiger partial charge on any atom is -0.508 e. The average molecular weight is 365 g/mol. The van der Waals surface area contributed by atoms with Crippen LogP contribution in [0.2, 0.25) is 0 Å². The van der Waals surface area contributed by atoms with Crippen molar-refractivity contribution < 1.29 is 19.4 Å². The Bertz CT molecular complexity index is 898. The highest BCUT2D eigenvalue weighted by molar-refractivity contribution is 6.09. The quantitative estimate of drug-likeness (QED) is 0.463. The Morgan fingerprint density at radius 3 is 2.52 bits per heavy atom. The van der Waals surface area contributed by atoms with Crippen molar-refractivity contribution in [3.05, 3.63) is 65.9 Å². The second-order valence-electron chi connectivity index (χ2n) is 5.50. The molecule has 0 aliphatic heterocycles. The zero-order chi connectivity index (χ0) is 19.8. The van der Waals surface area contributed by atoms with E-state index < -0.39 is 11.9 Å². The summed E-state index contributed by atoms with van der Waals surface area (Å²) in [6.45, 7) is 1.90. The smallest absolute Gasteiger partial charge is 0.340 e. The van der Waals surface area contributed by atoms with Gasteiger partial charge in [-0.15, -0.1) is 0 Å². The van der Waals surface area contributed by atoms with Gasteiger partial charge in [-0.25, -0.2) is 4.79 Å². The lowest BCUT2D eigenvalue weighted by atomic mass is 10.1. The Labute approximate surface area is 157 Å². The van der Waals surface area contributed by atoms with E-state index in [1.807, 2.05) is 6.07 Å². The standard InChI is InChI=1S/C20H19N3O4/c1-3-27-20(26)17-6-4-5-7-18(17)22-19(25)14(12-21)13-23(2)15-8-10-16(24)11-9-15/h4-11,13,24H,3H2,1-2H3,(H,22,25)/b14-13-. The zero-order valence-corrected chi connectivity index (χ0v) is 15.0. The number of aromatic hydroxyl groups is 1. The second kappa shape index (κ2) is 9.06. The van der Waals surface area contributed by atoms with Crippen LogP contribution in [-0.2, 0) is 9.53 Å². The largest absolute Gasteiger partial charge is 0.508 e. The van der Waals surface area contributed by atoms with Crippen molar-refractivity contribution in [1.82, 2.24) is 0 Å². The van der Waals surface area contributed by atoms with Gasteiger partial charge >= 0.3 is 5.97 Å². The van der Waals surface area contributed by atoms with Crippen LogP contribution < -0.4 is 10.2 Å². The van der Waals surface area contributed by atoms with Crippen molar-refractivity contribution >= 4 is 23.3 Å². The van der Waals surface area contributed by atoms with Gasteiger partial charge in [0.05, 0.1) is 17.9 Å². The molecule has 2 rings (SSSR count). The number of phenols is 1. The predicted octanol–water partition coefficient (Wildman–Crippen LogP) is 3.05. The van der Waals surface area contributed by atoms with Gasteiger partial charge in [0, 0.05) is 18.9 Å². The number of phenolic OH excluding ortho intramolecular Hbond substituents is 1. The Morgan fingerprint density at radius 1 is 1.22 bits per heavy atom. The van der Waals surface area contributed by atoms with E-state index in [2.05, 4.69) is 5.32 Å². The molecule has 7 nitrogen and oxygen atoms in total. The number of carbonyl (C=O) groups excluding carboxylic acids is 2. The number of benzene rings is 2. The predicted molar refractivity (Wildman–Crippen MR) is 101 cm³/mol. The molecule has 2 aromatic carbocycles. The van der Waals surface area contributed by atoms with E-state index in [1.165, 1.54) is 24.4 Å². The molecule has 7 heteroatoms. The van der Waals surface area contributed by atoms with E-state index in [4.69, 9.17) is 4.74 Å². The molecule has 0 fully saturated rings. The minimum absolute atomic E-state index is 0.116. The average Bonchev–Trinajstić information content (AvgIpc) is 2.67. The van der Waals surface area contributed by atoms with Gasteiger partial charge in [0.15, 0.2) is 0 Å². The number of nitrogens with one attached hydrogen (secondary N) is 1. The molecular weight excluding hydrogens is 346 g/mol. The van der Waals surface area contributed by atoms with Gasteiger partial charge in [-0.3, -0.25) is 4.79 Å². The molecule has 138 valence electrons. The maximum atomic E-state index is 12.5. The third kappa shape index (κ3) is 5.09. The molecule has 0 aliphatic carbocycles. The number of carbonyl (C=O) groups is 2. The van der Waals surface area contributed by atoms with Crippen LogP contribution >= 0.6 is 0 Å². The zero-order valence-electron chi connectivity index (χ0n) is 15.0. The van der Waals surface area contributed by atoms with E-state index in [0.29, 0.717) is 5.69 Å². The van der Waals surface area contributed by atoms with Crippen molar-refractivity contribution in [3.8, 4) is 11.8 Å². The Hall–Kier alpha value is -3.79. The first-order chi connectivity index (χ1) is 13.0. The Morgan fingerprint density at radius 2 is 1.89 bits per heavy atom. The van der Waals surface area contributed by atoms with Gasteiger partial charge in [0.25, 0.3) is 5.91 Å². The van der Waals surface area contributed by atoms with Gasteiger partial charge in [-0.1, -0.05) is 12.1 Å². The fourth-order valence-electron chi connectivity index (χ4n) is 2.26. The SMILES string of the molecule is CCOC(=O)c1ccccc1NC(=O)/C(C#N)=C\N(C)c1ccc(O)cc1. The maximum absolute atomic E-state index is 12.5. The van der Waals surface area contributed by atoms with E-state index in [1.54, 1.807) is 49.2 Å². The van der Waals surface area contributed by atoms with Gasteiger partial charge in [0.1, 0.15) is 17.4 Å². The number of esters is 1. The van der Waals surface area contributed by atoms with E-state index in [-0.39, 0.29) is 29.2 Å². The monoisotopic (exact) mass is 365 g/mol. The number of nitriles is 1. The molecule has 0 aromatic heterocycles. The van der Waals surface area contributed by atoms with Gasteiger partial charge in [-0.2, -0.15) is 5.26 Å². The topological polar surface area (TPSA) is 103 Å². The molecule has 0 spiro atoms. The molecule has 0 atom stereocenters. The molecule has 2 aromatic rings. The van der Waals surface area contributed by atoms with Crippen LogP contribution in [-0.4, -0.2) is 30.6 Å². The fourth-order valence-corrected chi connectivity index (χ4v) is 2.26. The number of rotatable bonds is 6. The molecule has 2 N–H and O–H groups in total. The van der Waals surface area contributed by atoms with E-state index >= 15 is 0 Å². The van der Waals surface area contributed by atoms with Crippen molar-refractivity contribution in [2.75, 3.05) is 23.9 Å². The molecule has 0 heterocycles. The van der Waals surface area contributed by atoms with Gasteiger partial charge in [0.2, 0.25) is 0 Å². The number of amides is 1. The van der Waals surface area contributed by atoms with Crippen LogP contribution in [0.15, 0.2) is 60.3 Å². The maximum Gasteiger partial charge on any atom is 0.340 e. The molecule has 0 radical (unpaired) electrons. The first-order valence-corrected chi connectivity index (χ1v) is 8.17. The number of hydrogen-bond donors (Lipinski definition) is 2. The molecule has 1 amide bonds. The first kappa shape index (κ1) is 19.5. The molecule has 0 aliphatic rings. The number of para-hydroxylation sites is 1. The summed E-state index contributed by atoms with van der Waals surface area (Å²) in [6, 6.07) is 14.6. The van der Waals surface area contributed by atoms with Crippen LogP contribution in [0.1, 0.15) is 17.3 Å². The second-order valence-corrected chi connectivity index (χ2v) is 5.50. The van der Waals surface area contributed by atoms with Crippen molar-refractivity contribution in [1.29, 1.82) is 5.26 Å². The third-order valence-electron chi connectivity index (χ3n) is 3.62. The van der Waals surface area contributed by atoms with Crippen LogP contribution in [0.25, 0.3) is 0 Å². The lowest BCUT2D eigenvalue weighted by Crippen LogP contribution is -2.19. The summed E-state index contributed by atoms with van der Waals surface area (Å²) in [5.41, 5.74) is 0.996. The van der Waals surface area contributed by atoms with Crippen LogP contribution in [0.5, 0.6) is 5.75 Å². The summed E-state index contributed by atoms with van der Waals surface area (Å²) >= 11 is 0. The highest BCUT2D eigenvalue weighted by atomic mass is 16.5. The number of hydrogen-bond acceptors (Lipinski definition) is 6. The molecule has 0 saturated heterocycles. The minimum atomic E-state index is -0.653. The van der Waals surface area contributed by atoms with Crippen LogP contribution in [0.4, 0.5) is 11.4 Å². The third-order valence-corrected chi connectivity index (χ3v) is 3.62. The first-order valence-electron chi connectivity index (χ1n) is 8.17. The normalized spacial score (nSPS) is 10.6. The fraction of sp³-hybridized carbons (Fsp3) is 0.150. The Kier molecular flexibility index (Phi) is 6.55. The van der Waals surface area contributed by atoms with E-state index in [0.717, 1.165) is 0 Å². The number of ether oxygens (including phenoxy) is 1. The summed E-state index contributed by atoms with van der Waals surface area (Å²) < 4.78 is 4.97. The van der Waals surface area contributed by atoms with Crippen LogP contribution in [0.3, 0.4) is 0 Å². The van der Waals surface area contributed by atoms with Crippen molar-refractivity contribution in [2.24, 2.45) is 0 Å². The van der Waals surface area contributed by atoms with Gasteiger partial charge in [-0.05, 0) is 43.3 Å². The lowest BCUT2D eigenvalue weighted by molar-refractivity contribution is -0.112.